The highest BCUT2D eigenvalue weighted by Gasteiger charge is 2.19. The highest BCUT2D eigenvalue weighted by Crippen LogP contribution is 2.23. The summed E-state index contributed by atoms with van der Waals surface area (Å²) in [4.78, 5) is 26.1. The molecule has 120 valence electrons. The number of likely N-dealkylation sites (tertiary alicyclic amines) is 1. The topological polar surface area (TPSA) is 58.6 Å². The van der Waals surface area contributed by atoms with Gasteiger partial charge >= 0.3 is 0 Å². The van der Waals surface area contributed by atoms with E-state index in [-0.39, 0.29) is 18.2 Å². The Kier molecular flexibility index (Phi) is 6.25. The van der Waals surface area contributed by atoms with Gasteiger partial charge in [0, 0.05) is 13.1 Å². The summed E-state index contributed by atoms with van der Waals surface area (Å²) in [6.07, 6.45) is 4.27. The molecule has 2 rings (SSSR count). The number of rotatable bonds is 5. The first-order valence-corrected chi connectivity index (χ1v) is 8.00. The predicted molar refractivity (Wildman–Crippen MR) is 85.9 cm³/mol. The van der Waals surface area contributed by atoms with Gasteiger partial charge in [-0.25, -0.2) is 0 Å². The summed E-state index contributed by atoms with van der Waals surface area (Å²) in [6, 6.07) is 7.26. The lowest BCUT2D eigenvalue weighted by Crippen LogP contribution is -2.34. The first-order valence-electron chi connectivity index (χ1n) is 8.00. The molecule has 1 aromatic rings. The fourth-order valence-corrected chi connectivity index (χ4v) is 2.61. The molecule has 0 aliphatic carbocycles. The molecule has 5 nitrogen and oxygen atoms in total. The van der Waals surface area contributed by atoms with Crippen LogP contribution in [-0.2, 0) is 9.59 Å². The van der Waals surface area contributed by atoms with Crippen LogP contribution in [0.1, 0.15) is 39.0 Å². The Bertz CT molecular complexity index is 508. The lowest BCUT2D eigenvalue weighted by Gasteiger charge is -2.20. The second kappa shape index (κ2) is 8.41. The average molecular weight is 304 g/mol. The van der Waals surface area contributed by atoms with E-state index in [1.165, 1.54) is 0 Å². The van der Waals surface area contributed by atoms with E-state index in [9.17, 15) is 9.59 Å². The van der Waals surface area contributed by atoms with E-state index in [4.69, 9.17) is 4.74 Å². The Hall–Kier alpha value is -2.04. The van der Waals surface area contributed by atoms with E-state index in [1.54, 1.807) is 17.0 Å². The van der Waals surface area contributed by atoms with Gasteiger partial charge in [0.05, 0.1) is 12.3 Å². The van der Waals surface area contributed by atoms with Crippen LogP contribution < -0.4 is 10.1 Å². The van der Waals surface area contributed by atoms with Crippen LogP contribution in [0.2, 0.25) is 0 Å². The normalized spacial score (nSPS) is 15.0. The molecule has 1 fully saturated rings. The molecule has 1 heterocycles. The summed E-state index contributed by atoms with van der Waals surface area (Å²) in [5.74, 6) is 0.246. The van der Waals surface area contributed by atoms with Gasteiger partial charge < -0.3 is 15.0 Å². The zero-order valence-corrected chi connectivity index (χ0v) is 13.1. The van der Waals surface area contributed by atoms with Gasteiger partial charge in [0.15, 0.2) is 0 Å². The summed E-state index contributed by atoms with van der Waals surface area (Å²) in [7, 11) is 0. The summed E-state index contributed by atoms with van der Waals surface area (Å²) in [5.41, 5.74) is 0.609. The minimum Gasteiger partial charge on any atom is -0.492 e. The Morgan fingerprint density at radius 2 is 1.82 bits per heavy atom. The molecule has 22 heavy (non-hydrogen) atoms. The molecular weight excluding hydrogens is 280 g/mol. The predicted octanol–water partition coefficient (Wildman–Crippen LogP) is 2.82. The first kappa shape index (κ1) is 16.3. The second-order valence-corrected chi connectivity index (χ2v) is 5.45. The molecule has 2 amide bonds. The highest BCUT2D eigenvalue weighted by atomic mass is 16.5. The lowest BCUT2D eigenvalue weighted by atomic mass is 10.2. The molecule has 0 radical (unpaired) electrons. The number of nitrogens with zero attached hydrogens (tertiary/aromatic N) is 1. The van der Waals surface area contributed by atoms with E-state index >= 15 is 0 Å². The first-order chi connectivity index (χ1) is 10.7. The molecule has 0 bridgehead atoms. The Morgan fingerprint density at radius 1 is 1.14 bits per heavy atom. The van der Waals surface area contributed by atoms with E-state index in [0.29, 0.717) is 18.0 Å². The minimum atomic E-state index is -0.290. The number of para-hydroxylation sites is 2. The fraction of sp³-hybridized carbons (Fsp3) is 0.529. The van der Waals surface area contributed by atoms with E-state index in [1.807, 2.05) is 19.1 Å². The van der Waals surface area contributed by atoms with Gasteiger partial charge in [-0.3, -0.25) is 9.59 Å². The molecule has 1 aliphatic rings. The molecule has 1 aliphatic heterocycles. The van der Waals surface area contributed by atoms with Crippen LogP contribution in [0.25, 0.3) is 0 Å². The lowest BCUT2D eigenvalue weighted by molar-refractivity contribution is -0.134. The summed E-state index contributed by atoms with van der Waals surface area (Å²) >= 11 is 0. The minimum absolute atomic E-state index is 0.0895. The number of anilines is 1. The van der Waals surface area contributed by atoms with Crippen molar-refractivity contribution < 1.29 is 14.3 Å². The largest absolute Gasteiger partial charge is 0.492 e. The number of hydrogen-bond acceptors (Lipinski definition) is 3. The molecule has 0 spiro atoms. The standard InChI is InChI=1S/C17H24N2O3/c1-2-22-15-10-6-5-9-14(15)18-16(20)13-17(21)19-11-7-3-4-8-12-19/h5-6,9-10H,2-4,7-8,11-13H2,1H3,(H,18,20). The van der Waals surface area contributed by atoms with Gasteiger partial charge in [-0.05, 0) is 31.9 Å². The monoisotopic (exact) mass is 304 g/mol. The van der Waals surface area contributed by atoms with Gasteiger partial charge in [0.25, 0.3) is 0 Å². The van der Waals surface area contributed by atoms with Crippen molar-refractivity contribution in [1.29, 1.82) is 0 Å². The van der Waals surface area contributed by atoms with Crippen molar-refractivity contribution in [2.24, 2.45) is 0 Å². The Labute approximate surface area is 131 Å². The molecule has 0 atom stereocenters. The summed E-state index contributed by atoms with van der Waals surface area (Å²) < 4.78 is 5.47. The van der Waals surface area contributed by atoms with Crippen LogP contribution in [0.5, 0.6) is 5.75 Å². The van der Waals surface area contributed by atoms with Crippen molar-refractivity contribution in [3.63, 3.8) is 0 Å². The molecule has 0 aromatic heterocycles. The van der Waals surface area contributed by atoms with Crippen LogP contribution in [0.3, 0.4) is 0 Å². The third kappa shape index (κ3) is 4.76. The molecule has 1 aromatic carbocycles. The number of benzene rings is 1. The molecule has 1 saturated heterocycles. The second-order valence-electron chi connectivity index (χ2n) is 5.45. The number of carbonyl (C=O) groups excluding carboxylic acids is 2. The Balaban J connectivity index is 1.90. The zero-order valence-electron chi connectivity index (χ0n) is 13.1. The Morgan fingerprint density at radius 3 is 2.50 bits per heavy atom. The van der Waals surface area contributed by atoms with Crippen LogP contribution in [0.15, 0.2) is 24.3 Å². The maximum absolute atomic E-state index is 12.2. The van der Waals surface area contributed by atoms with Crippen LogP contribution in [0, 0.1) is 0 Å². The zero-order chi connectivity index (χ0) is 15.8. The van der Waals surface area contributed by atoms with Gasteiger partial charge in [-0.15, -0.1) is 0 Å². The van der Waals surface area contributed by atoms with Crippen molar-refractivity contribution in [3.8, 4) is 5.75 Å². The van der Waals surface area contributed by atoms with Gasteiger partial charge in [0.1, 0.15) is 12.2 Å². The van der Waals surface area contributed by atoms with Crippen LogP contribution in [-0.4, -0.2) is 36.4 Å². The number of hydrogen-bond donors (Lipinski definition) is 1. The van der Waals surface area contributed by atoms with Crippen LogP contribution in [0.4, 0.5) is 5.69 Å². The maximum Gasteiger partial charge on any atom is 0.233 e. The molecule has 5 heteroatoms. The van der Waals surface area contributed by atoms with Crippen molar-refractivity contribution >= 4 is 17.5 Å². The van der Waals surface area contributed by atoms with E-state index < -0.39 is 0 Å². The van der Waals surface area contributed by atoms with Crippen molar-refractivity contribution in [2.45, 2.75) is 39.0 Å². The van der Waals surface area contributed by atoms with Gasteiger partial charge in [0.2, 0.25) is 11.8 Å². The number of carbonyl (C=O) groups is 2. The highest BCUT2D eigenvalue weighted by molar-refractivity contribution is 6.04. The van der Waals surface area contributed by atoms with Crippen molar-refractivity contribution in [2.75, 3.05) is 25.0 Å². The fourth-order valence-electron chi connectivity index (χ4n) is 2.61. The molecule has 0 saturated carbocycles. The summed E-state index contributed by atoms with van der Waals surface area (Å²) in [5, 5.41) is 2.77. The van der Waals surface area contributed by atoms with Gasteiger partial charge in [-0.2, -0.15) is 0 Å². The number of amides is 2. The van der Waals surface area contributed by atoms with E-state index in [0.717, 1.165) is 38.8 Å². The SMILES string of the molecule is CCOc1ccccc1NC(=O)CC(=O)N1CCCCCC1. The summed E-state index contributed by atoms with van der Waals surface area (Å²) in [6.45, 7) is 3.95. The average Bonchev–Trinajstić information content (AvgIpc) is 2.78. The van der Waals surface area contributed by atoms with Crippen molar-refractivity contribution in [1.82, 2.24) is 4.90 Å². The van der Waals surface area contributed by atoms with E-state index in [2.05, 4.69) is 5.32 Å². The number of ether oxygens (including phenoxy) is 1. The quantitative estimate of drug-likeness (QED) is 0.851. The van der Waals surface area contributed by atoms with Gasteiger partial charge in [-0.1, -0.05) is 25.0 Å². The number of nitrogens with one attached hydrogen (secondary N) is 1. The molecular formula is C17H24N2O3. The van der Waals surface area contributed by atoms with Crippen LogP contribution >= 0.6 is 0 Å². The van der Waals surface area contributed by atoms with Crippen molar-refractivity contribution in [3.05, 3.63) is 24.3 Å². The maximum atomic E-state index is 12.2. The molecule has 0 unspecified atom stereocenters. The third-order valence-corrected chi connectivity index (χ3v) is 3.73. The molecule has 1 N–H and O–H groups in total. The third-order valence-electron chi connectivity index (χ3n) is 3.73. The smallest absolute Gasteiger partial charge is 0.233 e.